The Morgan fingerprint density at radius 2 is 2.00 bits per heavy atom. The number of hydrogen-bond acceptors (Lipinski definition) is 3. The van der Waals surface area contributed by atoms with Crippen LogP contribution in [0.1, 0.15) is 37.8 Å². The Hall–Kier alpha value is -1.06. The minimum absolute atomic E-state index is 0.476. The molecule has 0 saturated carbocycles. The highest BCUT2D eigenvalue weighted by Gasteiger charge is 2.27. The van der Waals surface area contributed by atoms with Crippen molar-refractivity contribution < 1.29 is 5.11 Å². The molecule has 19 heavy (non-hydrogen) atoms. The Morgan fingerprint density at radius 1 is 1.32 bits per heavy atom. The van der Waals surface area contributed by atoms with E-state index in [4.69, 9.17) is 0 Å². The van der Waals surface area contributed by atoms with Crippen molar-refractivity contribution in [2.75, 3.05) is 24.5 Å². The van der Waals surface area contributed by atoms with E-state index in [9.17, 15) is 5.11 Å². The largest absolute Gasteiger partial charge is 0.390 e. The van der Waals surface area contributed by atoms with Gasteiger partial charge in [-0.25, -0.2) is 0 Å². The number of hydrogen-bond donors (Lipinski definition) is 2. The number of anilines is 1. The third kappa shape index (κ3) is 3.71. The van der Waals surface area contributed by atoms with E-state index in [-0.39, 0.29) is 0 Å². The third-order valence-electron chi connectivity index (χ3n) is 4.10. The topological polar surface area (TPSA) is 35.5 Å². The highest BCUT2D eigenvalue weighted by atomic mass is 16.3. The minimum atomic E-state index is -0.476. The molecule has 1 aliphatic heterocycles. The molecule has 1 saturated heterocycles. The molecule has 0 aliphatic carbocycles. The van der Waals surface area contributed by atoms with Crippen molar-refractivity contribution in [2.24, 2.45) is 0 Å². The average Bonchev–Trinajstić information content (AvgIpc) is 2.37. The summed E-state index contributed by atoms with van der Waals surface area (Å²) >= 11 is 0. The van der Waals surface area contributed by atoms with E-state index < -0.39 is 5.60 Å². The first-order valence-corrected chi connectivity index (χ1v) is 7.29. The number of nitrogens with one attached hydrogen (secondary N) is 1. The van der Waals surface area contributed by atoms with Crippen molar-refractivity contribution in [3.8, 4) is 0 Å². The maximum Gasteiger partial charge on any atom is 0.0653 e. The summed E-state index contributed by atoms with van der Waals surface area (Å²) in [4.78, 5) is 2.38. The van der Waals surface area contributed by atoms with Crippen LogP contribution in [0.25, 0.3) is 0 Å². The molecule has 0 radical (unpaired) electrons. The maximum absolute atomic E-state index is 10.0. The molecule has 1 heterocycles. The Bertz CT molecular complexity index is 419. The average molecular weight is 262 g/mol. The fourth-order valence-electron chi connectivity index (χ4n) is 2.58. The van der Waals surface area contributed by atoms with Crippen molar-refractivity contribution in [1.82, 2.24) is 5.32 Å². The van der Waals surface area contributed by atoms with Gasteiger partial charge in [0.2, 0.25) is 0 Å². The van der Waals surface area contributed by atoms with Crippen molar-refractivity contribution in [3.63, 3.8) is 0 Å². The monoisotopic (exact) mass is 262 g/mol. The molecule has 1 fully saturated rings. The summed E-state index contributed by atoms with van der Waals surface area (Å²) in [6.45, 7) is 10.1. The van der Waals surface area contributed by atoms with E-state index in [1.165, 1.54) is 16.8 Å². The first-order valence-electron chi connectivity index (χ1n) is 7.29. The Labute approximate surface area is 116 Å². The zero-order chi connectivity index (χ0) is 13.9. The van der Waals surface area contributed by atoms with Crippen molar-refractivity contribution in [1.29, 1.82) is 0 Å². The molecular weight excluding hydrogens is 236 g/mol. The van der Waals surface area contributed by atoms with Gasteiger partial charge in [0.05, 0.1) is 5.60 Å². The minimum Gasteiger partial charge on any atom is -0.390 e. The van der Waals surface area contributed by atoms with E-state index >= 15 is 0 Å². The zero-order valence-electron chi connectivity index (χ0n) is 12.4. The van der Waals surface area contributed by atoms with Crippen LogP contribution in [0.5, 0.6) is 0 Å². The normalized spacial score (nSPS) is 18.6. The summed E-state index contributed by atoms with van der Waals surface area (Å²) in [5, 5.41) is 13.4. The lowest BCUT2D eigenvalue weighted by Gasteiger charge is -2.37. The second kappa shape index (κ2) is 5.93. The summed E-state index contributed by atoms with van der Waals surface area (Å²) < 4.78 is 0. The van der Waals surface area contributed by atoms with Crippen LogP contribution in [0.15, 0.2) is 18.2 Å². The SMILES string of the molecule is CCNCc1ccc(N2CCC(C)(O)CC2)cc1C. The Morgan fingerprint density at radius 3 is 2.58 bits per heavy atom. The highest BCUT2D eigenvalue weighted by Crippen LogP contribution is 2.27. The summed E-state index contributed by atoms with van der Waals surface area (Å²) in [7, 11) is 0. The van der Waals surface area contributed by atoms with Gasteiger partial charge in [-0.15, -0.1) is 0 Å². The Kier molecular flexibility index (Phi) is 4.48. The van der Waals surface area contributed by atoms with Gasteiger partial charge in [0, 0.05) is 25.3 Å². The smallest absolute Gasteiger partial charge is 0.0653 e. The molecule has 1 aromatic carbocycles. The molecule has 0 aromatic heterocycles. The number of piperidine rings is 1. The molecular formula is C16H26N2O. The maximum atomic E-state index is 10.0. The van der Waals surface area contributed by atoms with Crippen LogP contribution in [0.4, 0.5) is 5.69 Å². The fourth-order valence-corrected chi connectivity index (χ4v) is 2.58. The number of aryl methyl sites for hydroxylation is 1. The first-order chi connectivity index (χ1) is 9.02. The quantitative estimate of drug-likeness (QED) is 0.875. The molecule has 3 heteroatoms. The van der Waals surface area contributed by atoms with Crippen LogP contribution in [0.3, 0.4) is 0 Å². The second-order valence-electron chi connectivity index (χ2n) is 5.88. The number of nitrogens with zero attached hydrogens (tertiary/aromatic N) is 1. The predicted molar refractivity (Wildman–Crippen MR) is 80.6 cm³/mol. The molecule has 0 unspecified atom stereocenters. The lowest BCUT2D eigenvalue weighted by atomic mass is 9.93. The zero-order valence-corrected chi connectivity index (χ0v) is 12.4. The lowest BCUT2D eigenvalue weighted by Crippen LogP contribution is -2.42. The molecule has 1 aliphatic rings. The molecule has 0 spiro atoms. The number of benzene rings is 1. The number of rotatable bonds is 4. The molecule has 1 aromatic rings. The van der Waals surface area contributed by atoms with Crippen LogP contribution in [-0.2, 0) is 6.54 Å². The number of aliphatic hydroxyl groups is 1. The molecule has 0 bridgehead atoms. The molecule has 3 nitrogen and oxygen atoms in total. The van der Waals surface area contributed by atoms with Crippen LogP contribution in [0, 0.1) is 6.92 Å². The van der Waals surface area contributed by atoms with Gasteiger partial charge in [-0.05, 0) is 56.5 Å². The summed E-state index contributed by atoms with van der Waals surface area (Å²) in [5.74, 6) is 0. The van der Waals surface area contributed by atoms with Gasteiger partial charge < -0.3 is 15.3 Å². The van der Waals surface area contributed by atoms with Crippen molar-refractivity contribution in [2.45, 2.75) is 45.8 Å². The molecule has 0 amide bonds. The van der Waals surface area contributed by atoms with E-state index in [0.717, 1.165) is 39.0 Å². The van der Waals surface area contributed by atoms with Gasteiger partial charge in [0.25, 0.3) is 0 Å². The van der Waals surface area contributed by atoms with Gasteiger partial charge in [0.1, 0.15) is 0 Å². The lowest BCUT2D eigenvalue weighted by molar-refractivity contribution is 0.0351. The Balaban J connectivity index is 2.04. The molecule has 0 atom stereocenters. The van der Waals surface area contributed by atoms with E-state index in [0.29, 0.717) is 0 Å². The van der Waals surface area contributed by atoms with Gasteiger partial charge in [-0.3, -0.25) is 0 Å². The molecule has 2 N–H and O–H groups in total. The van der Waals surface area contributed by atoms with Crippen LogP contribution >= 0.6 is 0 Å². The van der Waals surface area contributed by atoms with Crippen LogP contribution in [-0.4, -0.2) is 30.3 Å². The van der Waals surface area contributed by atoms with Crippen molar-refractivity contribution in [3.05, 3.63) is 29.3 Å². The first kappa shape index (κ1) is 14.4. The summed E-state index contributed by atoms with van der Waals surface area (Å²) in [6, 6.07) is 6.70. The van der Waals surface area contributed by atoms with Gasteiger partial charge in [0.15, 0.2) is 0 Å². The van der Waals surface area contributed by atoms with Crippen LogP contribution < -0.4 is 10.2 Å². The van der Waals surface area contributed by atoms with Crippen LogP contribution in [0.2, 0.25) is 0 Å². The summed E-state index contributed by atoms with van der Waals surface area (Å²) in [5.41, 5.74) is 3.52. The standard InChI is InChI=1S/C16H26N2O/c1-4-17-12-14-5-6-15(11-13(14)2)18-9-7-16(3,19)8-10-18/h5-6,11,17,19H,4,7-10,12H2,1-3H3. The van der Waals surface area contributed by atoms with E-state index in [1.807, 2.05) is 6.92 Å². The molecule has 106 valence electrons. The van der Waals surface area contributed by atoms with E-state index in [1.54, 1.807) is 0 Å². The van der Waals surface area contributed by atoms with Crippen molar-refractivity contribution >= 4 is 5.69 Å². The fraction of sp³-hybridized carbons (Fsp3) is 0.625. The van der Waals surface area contributed by atoms with E-state index in [2.05, 4.69) is 42.3 Å². The second-order valence-corrected chi connectivity index (χ2v) is 5.88. The summed E-state index contributed by atoms with van der Waals surface area (Å²) in [6.07, 6.45) is 1.70. The van der Waals surface area contributed by atoms with Gasteiger partial charge >= 0.3 is 0 Å². The van der Waals surface area contributed by atoms with Gasteiger partial charge in [-0.2, -0.15) is 0 Å². The third-order valence-corrected chi connectivity index (χ3v) is 4.10. The molecule has 2 rings (SSSR count). The predicted octanol–water partition coefficient (Wildman–Crippen LogP) is 2.46. The van der Waals surface area contributed by atoms with Gasteiger partial charge in [-0.1, -0.05) is 13.0 Å². The highest BCUT2D eigenvalue weighted by molar-refractivity contribution is 5.51.